The van der Waals surface area contributed by atoms with Crippen molar-refractivity contribution >= 4 is 17.7 Å². The molecule has 0 saturated carbocycles. The summed E-state index contributed by atoms with van der Waals surface area (Å²) in [5.74, 6) is -2.54. The second kappa shape index (κ2) is 7.88. The van der Waals surface area contributed by atoms with Crippen molar-refractivity contribution in [2.24, 2.45) is 0 Å². The summed E-state index contributed by atoms with van der Waals surface area (Å²) in [6.07, 6.45) is 0. The highest BCUT2D eigenvalue weighted by Crippen LogP contribution is 2.48. The summed E-state index contributed by atoms with van der Waals surface area (Å²) in [6.45, 7) is 0. The zero-order valence-corrected chi connectivity index (χ0v) is 17.4. The summed E-state index contributed by atoms with van der Waals surface area (Å²) in [5, 5.41) is 12.1. The van der Waals surface area contributed by atoms with Gasteiger partial charge in [-0.25, -0.2) is 4.79 Å². The standard InChI is InChI=1S/C28H18O5/c29-25(18-10-3-1-4-11-18)24-21(26(30)31)15-9-17-23(24)28(19-12-5-2-6-13-19)22-16-8-7-14-20(22)27(32)33-28/h1-17H,(H,30,31)/p-1. The second-order valence-corrected chi connectivity index (χ2v) is 7.69. The molecule has 0 amide bonds. The molecule has 0 saturated heterocycles. The maximum atomic E-state index is 13.7. The first kappa shape index (κ1) is 20.4. The van der Waals surface area contributed by atoms with Gasteiger partial charge in [0.2, 0.25) is 0 Å². The predicted octanol–water partition coefficient (Wildman–Crippen LogP) is 3.74. The molecule has 0 aromatic heterocycles. The number of ether oxygens (including phenoxy) is 1. The number of carboxylic acid groups (broad SMARTS) is 1. The number of cyclic esters (lactones) is 1. The Morgan fingerprint density at radius 1 is 0.697 bits per heavy atom. The van der Waals surface area contributed by atoms with Crippen LogP contribution < -0.4 is 5.11 Å². The molecule has 33 heavy (non-hydrogen) atoms. The summed E-state index contributed by atoms with van der Waals surface area (Å²) in [7, 11) is 0. The molecule has 0 spiro atoms. The molecule has 5 rings (SSSR count). The average Bonchev–Trinajstić information content (AvgIpc) is 3.17. The number of fused-ring (bicyclic) bond motifs is 1. The third-order valence-corrected chi connectivity index (χ3v) is 5.88. The maximum absolute atomic E-state index is 13.7. The third-order valence-electron chi connectivity index (χ3n) is 5.88. The first-order valence-electron chi connectivity index (χ1n) is 10.4. The number of ketones is 1. The summed E-state index contributed by atoms with van der Waals surface area (Å²) < 4.78 is 6.05. The molecule has 1 aliphatic heterocycles. The van der Waals surface area contributed by atoms with E-state index in [4.69, 9.17) is 4.74 Å². The van der Waals surface area contributed by atoms with Crippen LogP contribution in [0.25, 0.3) is 0 Å². The molecule has 4 aromatic carbocycles. The van der Waals surface area contributed by atoms with Crippen molar-refractivity contribution in [3.63, 3.8) is 0 Å². The van der Waals surface area contributed by atoms with Crippen LogP contribution in [-0.4, -0.2) is 17.7 Å². The molecule has 0 bridgehead atoms. The van der Waals surface area contributed by atoms with Gasteiger partial charge in [-0.3, -0.25) is 4.79 Å². The zero-order chi connectivity index (χ0) is 23.0. The molecule has 4 aromatic rings. The molecule has 1 atom stereocenters. The van der Waals surface area contributed by atoms with Crippen molar-refractivity contribution in [1.82, 2.24) is 0 Å². The minimum Gasteiger partial charge on any atom is -0.545 e. The van der Waals surface area contributed by atoms with Crippen LogP contribution in [0.4, 0.5) is 0 Å². The van der Waals surface area contributed by atoms with Crippen molar-refractivity contribution < 1.29 is 24.2 Å². The van der Waals surface area contributed by atoms with Crippen LogP contribution in [0.5, 0.6) is 0 Å². The molecule has 0 fully saturated rings. The van der Waals surface area contributed by atoms with E-state index in [0.717, 1.165) is 0 Å². The van der Waals surface area contributed by atoms with Gasteiger partial charge in [0.1, 0.15) is 0 Å². The summed E-state index contributed by atoms with van der Waals surface area (Å²) >= 11 is 0. The van der Waals surface area contributed by atoms with E-state index >= 15 is 0 Å². The molecule has 160 valence electrons. The molecular weight excluding hydrogens is 416 g/mol. The minimum absolute atomic E-state index is 0.0722. The smallest absolute Gasteiger partial charge is 0.340 e. The summed E-state index contributed by atoms with van der Waals surface area (Å²) in [4.78, 5) is 38.8. The van der Waals surface area contributed by atoms with E-state index in [9.17, 15) is 19.5 Å². The fourth-order valence-electron chi connectivity index (χ4n) is 4.45. The molecule has 1 aliphatic rings. The average molecular weight is 433 g/mol. The van der Waals surface area contributed by atoms with E-state index in [1.54, 1.807) is 84.9 Å². The molecular formula is C28H17O5-. The highest BCUT2D eigenvalue weighted by atomic mass is 16.6. The van der Waals surface area contributed by atoms with Crippen molar-refractivity contribution in [1.29, 1.82) is 0 Å². The number of rotatable bonds is 5. The number of carbonyl (C=O) groups excluding carboxylic acids is 3. The van der Waals surface area contributed by atoms with Crippen LogP contribution in [0.1, 0.15) is 53.3 Å². The Kier molecular flexibility index (Phi) is 4.87. The lowest BCUT2D eigenvalue weighted by Crippen LogP contribution is -2.34. The van der Waals surface area contributed by atoms with Gasteiger partial charge < -0.3 is 14.6 Å². The lowest BCUT2D eigenvalue weighted by atomic mass is 9.76. The quantitative estimate of drug-likeness (QED) is 0.354. The second-order valence-electron chi connectivity index (χ2n) is 7.69. The van der Waals surface area contributed by atoms with Crippen LogP contribution >= 0.6 is 0 Å². The molecule has 1 unspecified atom stereocenters. The lowest BCUT2D eigenvalue weighted by Gasteiger charge is -2.32. The fourth-order valence-corrected chi connectivity index (χ4v) is 4.45. The summed E-state index contributed by atoms with van der Waals surface area (Å²) in [5.41, 5.74) is 0.239. The van der Waals surface area contributed by atoms with Gasteiger partial charge in [-0.05, 0) is 6.07 Å². The van der Waals surface area contributed by atoms with Gasteiger partial charge in [0, 0.05) is 33.4 Å². The van der Waals surface area contributed by atoms with E-state index in [-0.39, 0.29) is 16.7 Å². The number of hydrogen-bond acceptors (Lipinski definition) is 5. The molecule has 5 nitrogen and oxygen atoms in total. The Morgan fingerprint density at radius 2 is 1.30 bits per heavy atom. The Balaban J connectivity index is 1.89. The molecule has 1 heterocycles. The van der Waals surface area contributed by atoms with E-state index < -0.39 is 23.3 Å². The van der Waals surface area contributed by atoms with Crippen LogP contribution in [-0.2, 0) is 10.3 Å². The Hall–Kier alpha value is -4.51. The van der Waals surface area contributed by atoms with E-state index in [0.29, 0.717) is 22.3 Å². The Bertz CT molecular complexity index is 1390. The van der Waals surface area contributed by atoms with E-state index in [2.05, 4.69) is 0 Å². The van der Waals surface area contributed by atoms with Crippen molar-refractivity contribution in [2.75, 3.05) is 0 Å². The van der Waals surface area contributed by atoms with Gasteiger partial charge in [-0.1, -0.05) is 97.1 Å². The molecule has 0 aliphatic carbocycles. The number of carboxylic acids is 1. The molecule has 0 N–H and O–H groups in total. The monoisotopic (exact) mass is 433 g/mol. The highest BCUT2D eigenvalue weighted by Gasteiger charge is 2.50. The van der Waals surface area contributed by atoms with Crippen molar-refractivity contribution in [3.8, 4) is 0 Å². The highest BCUT2D eigenvalue weighted by molar-refractivity contribution is 6.15. The van der Waals surface area contributed by atoms with Gasteiger partial charge in [-0.15, -0.1) is 0 Å². The van der Waals surface area contributed by atoms with Crippen molar-refractivity contribution in [2.45, 2.75) is 5.60 Å². The number of carbonyl (C=O) groups is 3. The number of hydrogen-bond donors (Lipinski definition) is 0. The predicted molar refractivity (Wildman–Crippen MR) is 119 cm³/mol. The maximum Gasteiger partial charge on any atom is 0.340 e. The van der Waals surface area contributed by atoms with E-state index in [1.807, 2.05) is 6.07 Å². The fraction of sp³-hybridized carbons (Fsp3) is 0.0357. The van der Waals surface area contributed by atoms with E-state index in [1.165, 1.54) is 12.1 Å². The van der Waals surface area contributed by atoms with Gasteiger partial charge in [0.25, 0.3) is 0 Å². The Morgan fingerprint density at radius 3 is 2.00 bits per heavy atom. The third kappa shape index (κ3) is 3.13. The summed E-state index contributed by atoms with van der Waals surface area (Å²) in [6, 6.07) is 28.8. The zero-order valence-electron chi connectivity index (χ0n) is 17.4. The minimum atomic E-state index is -1.50. The molecule has 5 heteroatoms. The van der Waals surface area contributed by atoms with Crippen LogP contribution in [0.2, 0.25) is 0 Å². The van der Waals surface area contributed by atoms with Gasteiger partial charge in [0.05, 0.1) is 11.5 Å². The van der Waals surface area contributed by atoms with Crippen LogP contribution in [0.3, 0.4) is 0 Å². The first-order valence-corrected chi connectivity index (χ1v) is 10.4. The van der Waals surface area contributed by atoms with Crippen LogP contribution in [0, 0.1) is 0 Å². The number of esters is 1. The largest absolute Gasteiger partial charge is 0.545 e. The number of benzene rings is 4. The van der Waals surface area contributed by atoms with Crippen molar-refractivity contribution in [3.05, 3.63) is 142 Å². The molecule has 0 radical (unpaired) electrons. The van der Waals surface area contributed by atoms with Gasteiger partial charge >= 0.3 is 5.97 Å². The Labute approximate surface area is 189 Å². The SMILES string of the molecule is O=C1OC(c2ccccc2)(c2cccc(C(=O)[O-])c2C(=O)c2ccccc2)c2ccccc21. The lowest BCUT2D eigenvalue weighted by molar-refractivity contribution is -0.255. The number of aromatic carboxylic acids is 1. The topological polar surface area (TPSA) is 83.5 Å². The van der Waals surface area contributed by atoms with Crippen LogP contribution in [0.15, 0.2) is 103 Å². The van der Waals surface area contributed by atoms with Gasteiger partial charge in [-0.2, -0.15) is 0 Å². The van der Waals surface area contributed by atoms with Gasteiger partial charge in [0.15, 0.2) is 11.4 Å². The normalized spacial score (nSPS) is 16.7. The first-order chi connectivity index (χ1) is 16.0.